The number of aromatic nitrogens is 2. The summed E-state index contributed by atoms with van der Waals surface area (Å²) in [6.07, 6.45) is 4.96. The van der Waals surface area contributed by atoms with Gasteiger partial charge in [-0.3, -0.25) is 4.79 Å². The van der Waals surface area contributed by atoms with Gasteiger partial charge in [0.05, 0.1) is 0 Å². The molecule has 5 nitrogen and oxygen atoms in total. The molecule has 3 aromatic carbocycles. The van der Waals surface area contributed by atoms with Crippen molar-refractivity contribution < 1.29 is 4.79 Å². The van der Waals surface area contributed by atoms with Gasteiger partial charge in [0, 0.05) is 37.0 Å². The highest BCUT2D eigenvalue weighted by atomic mass is 16.1. The van der Waals surface area contributed by atoms with E-state index in [1.165, 1.54) is 12.8 Å². The summed E-state index contributed by atoms with van der Waals surface area (Å²) < 4.78 is 0. The molecule has 1 N–H and O–H groups in total. The van der Waals surface area contributed by atoms with Crippen LogP contribution in [0.1, 0.15) is 34.6 Å². The van der Waals surface area contributed by atoms with Crippen LogP contribution in [0.4, 0.5) is 11.5 Å². The third-order valence-electron chi connectivity index (χ3n) is 5.71. The number of fused-ring (bicyclic) bond motifs is 1. The van der Waals surface area contributed by atoms with Crippen LogP contribution in [0, 0.1) is 0 Å². The van der Waals surface area contributed by atoms with Gasteiger partial charge < -0.3 is 10.2 Å². The average Bonchev–Trinajstić information content (AvgIpc) is 3.35. The lowest BCUT2D eigenvalue weighted by Gasteiger charge is -2.16. The summed E-state index contributed by atoms with van der Waals surface area (Å²) in [4.78, 5) is 24.1. The van der Waals surface area contributed by atoms with E-state index in [1.54, 1.807) is 0 Å². The minimum Gasteiger partial charge on any atom is -0.357 e. The molecule has 0 aliphatic carbocycles. The Morgan fingerprint density at radius 3 is 2.48 bits per heavy atom. The summed E-state index contributed by atoms with van der Waals surface area (Å²) in [6, 6.07) is 23.7. The van der Waals surface area contributed by atoms with Gasteiger partial charge in [0.1, 0.15) is 11.6 Å². The summed E-state index contributed by atoms with van der Waals surface area (Å²) in [5.41, 5.74) is 2.53. The number of amides is 1. The van der Waals surface area contributed by atoms with E-state index in [-0.39, 0.29) is 5.91 Å². The number of benzene rings is 3. The van der Waals surface area contributed by atoms with Crippen molar-refractivity contribution in [3.05, 3.63) is 95.9 Å². The van der Waals surface area contributed by atoms with Crippen molar-refractivity contribution in [2.24, 2.45) is 0 Å². The van der Waals surface area contributed by atoms with Crippen molar-refractivity contribution in [1.29, 1.82) is 0 Å². The highest BCUT2D eigenvalue weighted by molar-refractivity contribution is 6.06. The van der Waals surface area contributed by atoms with Crippen molar-refractivity contribution in [3.8, 4) is 0 Å². The molecule has 0 radical (unpaired) electrons. The molecule has 5 rings (SSSR count). The van der Waals surface area contributed by atoms with Gasteiger partial charge in [-0.2, -0.15) is 0 Å². The minimum atomic E-state index is -0.111. The summed E-state index contributed by atoms with van der Waals surface area (Å²) >= 11 is 0. The quantitative estimate of drug-likeness (QED) is 0.501. The van der Waals surface area contributed by atoms with Crippen molar-refractivity contribution in [3.63, 3.8) is 0 Å². The smallest absolute Gasteiger partial charge is 0.255 e. The van der Waals surface area contributed by atoms with E-state index in [1.807, 2.05) is 79.0 Å². The number of nitrogens with one attached hydrogen (secondary N) is 1. The van der Waals surface area contributed by atoms with Gasteiger partial charge in [-0.1, -0.05) is 42.5 Å². The second kappa shape index (κ2) is 8.56. The molecular weight excluding hydrogens is 384 g/mol. The second-order valence-corrected chi connectivity index (χ2v) is 7.91. The lowest BCUT2D eigenvalue weighted by atomic mass is 10.1. The van der Waals surface area contributed by atoms with Gasteiger partial charge in [0.25, 0.3) is 5.91 Å². The normalized spacial score (nSPS) is 13.5. The van der Waals surface area contributed by atoms with Crippen LogP contribution in [0.5, 0.6) is 0 Å². The lowest BCUT2D eigenvalue weighted by molar-refractivity contribution is 0.102. The van der Waals surface area contributed by atoms with E-state index in [0.29, 0.717) is 12.0 Å². The fourth-order valence-electron chi connectivity index (χ4n) is 4.02. The van der Waals surface area contributed by atoms with Gasteiger partial charge in [0.2, 0.25) is 0 Å². The molecule has 154 valence electrons. The predicted molar refractivity (Wildman–Crippen MR) is 125 cm³/mol. The molecule has 1 amide bonds. The first-order valence-electron chi connectivity index (χ1n) is 10.7. The number of nitrogens with zero attached hydrogens (tertiary/aromatic N) is 3. The lowest BCUT2D eigenvalue weighted by Crippen LogP contribution is -2.19. The Morgan fingerprint density at radius 2 is 1.68 bits per heavy atom. The first kappa shape index (κ1) is 19.2. The topological polar surface area (TPSA) is 58.1 Å². The highest BCUT2D eigenvalue weighted by Gasteiger charge is 2.14. The molecule has 1 aliphatic heterocycles. The Bertz CT molecular complexity index is 1210. The minimum absolute atomic E-state index is 0.111. The average molecular weight is 409 g/mol. The van der Waals surface area contributed by atoms with E-state index >= 15 is 0 Å². The Kier molecular flexibility index (Phi) is 5.31. The molecule has 1 saturated heterocycles. The van der Waals surface area contributed by atoms with Gasteiger partial charge in [-0.25, -0.2) is 9.97 Å². The standard InChI is InChI=1S/C26H24N4O/c31-26(22-10-9-20-5-1-2-6-21(20)18-22)28-23-11-7-19(8-12-23)17-24-27-14-13-25(29-24)30-15-3-4-16-30/h1-2,5-14,18H,3-4,15-17H2,(H,28,31). The van der Waals surface area contributed by atoms with Gasteiger partial charge >= 0.3 is 0 Å². The second-order valence-electron chi connectivity index (χ2n) is 7.91. The molecule has 1 aromatic heterocycles. The number of carbonyl (C=O) groups is 1. The predicted octanol–water partition coefficient (Wildman–Crippen LogP) is 5.07. The molecule has 1 fully saturated rings. The van der Waals surface area contributed by atoms with Crippen molar-refractivity contribution >= 4 is 28.2 Å². The fraction of sp³-hybridized carbons (Fsp3) is 0.192. The number of hydrogen-bond acceptors (Lipinski definition) is 4. The largest absolute Gasteiger partial charge is 0.357 e. The van der Waals surface area contributed by atoms with E-state index in [4.69, 9.17) is 4.98 Å². The molecule has 0 bridgehead atoms. The Labute approximate surface area is 181 Å². The SMILES string of the molecule is O=C(Nc1ccc(Cc2nccc(N3CCCC3)n2)cc1)c1ccc2ccccc2c1. The van der Waals surface area contributed by atoms with E-state index < -0.39 is 0 Å². The number of carbonyl (C=O) groups excluding carboxylic acids is 1. The molecule has 1 aliphatic rings. The van der Waals surface area contributed by atoms with Crippen LogP contribution < -0.4 is 10.2 Å². The zero-order valence-corrected chi connectivity index (χ0v) is 17.3. The molecule has 2 heterocycles. The van der Waals surface area contributed by atoms with Gasteiger partial charge in [-0.05, 0) is 59.5 Å². The third-order valence-corrected chi connectivity index (χ3v) is 5.71. The Hall–Kier alpha value is -3.73. The first-order valence-corrected chi connectivity index (χ1v) is 10.7. The van der Waals surface area contributed by atoms with Crippen LogP contribution >= 0.6 is 0 Å². The molecule has 5 heteroatoms. The van der Waals surface area contributed by atoms with Crippen molar-refractivity contribution in [2.75, 3.05) is 23.3 Å². The van der Waals surface area contributed by atoms with Gasteiger partial charge in [-0.15, -0.1) is 0 Å². The van der Waals surface area contributed by atoms with Crippen molar-refractivity contribution in [1.82, 2.24) is 9.97 Å². The van der Waals surface area contributed by atoms with Crippen LogP contribution in [-0.4, -0.2) is 29.0 Å². The van der Waals surface area contributed by atoms with Crippen LogP contribution in [0.2, 0.25) is 0 Å². The van der Waals surface area contributed by atoms with E-state index in [9.17, 15) is 4.79 Å². The zero-order chi connectivity index (χ0) is 21.0. The van der Waals surface area contributed by atoms with Crippen LogP contribution in [-0.2, 0) is 6.42 Å². The first-order chi connectivity index (χ1) is 15.2. The fourth-order valence-corrected chi connectivity index (χ4v) is 4.02. The van der Waals surface area contributed by atoms with Gasteiger partial charge in [0.15, 0.2) is 0 Å². The number of anilines is 2. The van der Waals surface area contributed by atoms with E-state index in [0.717, 1.165) is 46.8 Å². The highest BCUT2D eigenvalue weighted by Crippen LogP contribution is 2.20. The summed E-state index contributed by atoms with van der Waals surface area (Å²) in [5.74, 6) is 1.72. The molecule has 0 spiro atoms. The molecule has 4 aromatic rings. The maximum Gasteiger partial charge on any atom is 0.255 e. The molecular formula is C26H24N4O. The Morgan fingerprint density at radius 1 is 0.903 bits per heavy atom. The number of hydrogen-bond donors (Lipinski definition) is 1. The molecule has 0 atom stereocenters. The van der Waals surface area contributed by atoms with Crippen molar-refractivity contribution in [2.45, 2.75) is 19.3 Å². The summed E-state index contributed by atoms with van der Waals surface area (Å²) in [5, 5.41) is 5.16. The maximum absolute atomic E-state index is 12.7. The third kappa shape index (κ3) is 4.40. The monoisotopic (exact) mass is 408 g/mol. The molecule has 0 saturated carbocycles. The van der Waals surface area contributed by atoms with E-state index in [2.05, 4.69) is 15.2 Å². The summed E-state index contributed by atoms with van der Waals surface area (Å²) in [7, 11) is 0. The molecule has 31 heavy (non-hydrogen) atoms. The van der Waals surface area contributed by atoms with Crippen LogP contribution in [0.25, 0.3) is 10.8 Å². The molecule has 0 unspecified atom stereocenters. The zero-order valence-electron chi connectivity index (χ0n) is 17.3. The Balaban J connectivity index is 1.25. The van der Waals surface area contributed by atoms with Crippen LogP contribution in [0.3, 0.4) is 0 Å². The maximum atomic E-state index is 12.7. The summed E-state index contributed by atoms with van der Waals surface area (Å²) in [6.45, 7) is 2.14. The number of rotatable bonds is 5. The van der Waals surface area contributed by atoms with Crippen LogP contribution in [0.15, 0.2) is 79.0 Å².